The summed E-state index contributed by atoms with van der Waals surface area (Å²) in [7, 11) is 0.549. The number of hydrogen-bond donors (Lipinski definition) is 0. The first-order chi connectivity index (χ1) is 10.7. The Labute approximate surface area is 144 Å². The van der Waals surface area contributed by atoms with Crippen LogP contribution in [0.3, 0.4) is 0 Å². The highest BCUT2D eigenvalue weighted by Crippen LogP contribution is 2.27. The fraction of sp³-hybridized carbons (Fsp3) is 0.625. The normalized spacial score (nSPS) is 24.3. The molecule has 1 aliphatic rings. The van der Waals surface area contributed by atoms with E-state index in [2.05, 4.69) is 23.6 Å². The van der Waals surface area contributed by atoms with Crippen LogP contribution in [0.1, 0.15) is 13.8 Å². The highest BCUT2D eigenvalue weighted by molar-refractivity contribution is 7.89. The van der Waals surface area contributed by atoms with E-state index in [1.165, 1.54) is 0 Å². The van der Waals surface area contributed by atoms with Crippen molar-refractivity contribution in [3.05, 3.63) is 29.3 Å². The molecule has 0 aromatic heterocycles. The van der Waals surface area contributed by atoms with Crippen LogP contribution in [-0.4, -0.2) is 74.9 Å². The molecular weight excluding hydrogens is 334 g/mol. The molecule has 0 amide bonds. The van der Waals surface area contributed by atoms with E-state index in [0.717, 1.165) is 13.1 Å². The van der Waals surface area contributed by atoms with E-state index in [0.29, 0.717) is 13.1 Å². The van der Waals surface area contributed by atoms with Gasteiger partial charge in [-0.05, 0) is 40.1 Å². The lowest BCUT2D eigenvalue weighted by Crippen LogP contribution is -2.58. The second-order valence-corrected chi connectivity index (χ2v) is 8.81. The van der Waals surface area contributed by atoms with Gasteiger partial charge in [-0.3, -0.25) is 4.90 Å². The number of nitrogens with zero attached hydrogens (tertiary/aromatic N) is 3. The molecule has 1 aromatic carbocycles. The maximum absolute atomic E-state index is 12.9. The van der Waals surface area contributed by atoms with Crippen molar-refractivity contribution in [2.45, 2.75) is 30.8 Å². The van der Waals surface area contributed by atoms with E-state index >= 15 is 0 Å². The number of halogens is 1. The molecule has 5 nitrogen and oxygen atoms in total. The van der Waals surface area contributed by atoms with Crippen molar-refractivity contribution in [3.8, 4) is 0 Å². The van der Waals surface area contributed by atoms with Gasteiger partial charge in [0, 0.05) is 38.3 Å². The SMILES string of the molecule is CC1CN(S(=O)(=O)c2ccccc2Cl)CC(C)N1CCN(C)C. The molecule has 2 unspecified atom stereocenters. The molecule has 0 spiro atoms. The monoisotopic (exact) mass is 359 g/mol. The smallest absolute Gasteiger partial charge is 0.244 e. The van der Waals surface area contributed by atoms with Gasteiger partial charge in [0.15, 0.2) is 0 Å². The molecular formula is C16H26ClN3O2S. The molecule has 2 atom stereocenters. The summed E-state index contributed by atoms with van der Waals surface area (Å²) in [5.74, 6) is 0. The molecule has 0 aliphatic carbocycles. The standard InChI is InChI=1S/C16H26ClN3O2S/c1-13-11-19(12-14(2)20(13)10-9-18(3)4)23(21,22)16-8-6-5-7-15(16)17/h5-8,13-14H,9-12H2,1-4H3. The third-order valence-corrected chi connectivity index (χ3v) is 6.66. The van der Waals surface area contributed by atoms with Crippen molar-refractivity contribution in [1.29, 1.82) is 0 Å². The van der Waals surface area contributed by atoms with Gasteiger partial charge in [0.25, 0.3) is 0 Å². The predicted molar refractivity (Wildman–Crippen MR) is 94.4 cm³/mol. The van der Waals surface area contributed by atoms with Crippen LogP contribution >= 0.6 is 11.6 Å². The van der Waals surface area contributed by atoms with Gasteiger partial charge in [-0.2, -0.15) is 4.31 Å². The summed E-state index contributed by atoms with van der Waals surface area (Å²) in [6, 6.07) is 7.00. The average molecular weight is 360 g/mol. The number of sulfonamides is 1. The minimum Gasteiger partial charge on any atom is -0.308 e. The Hall–Kier alpha value is -0.660. The summed E-state index contributed by atoms with van der Waals surface area (Å²) < 4.78 is 27.3. The van der Waals surface area contributed by atoms with Crippen molar-refractivity contribution >= 4 is 21.6 Å². The van der Waals surface area contributed by atoms with Crippen LogP contribution in [0.15, 0.2) is 29.2 Å². The number of rotatable bonds is 5. The van der Waals surface area contributed by atoms with E-state index in [4.69, 9.17) is 11.6 Å². The van der Waals surface area contributed by atoms with Gasteiger partial charge in [0.2, 0.25) is 10.0 Å². The van der Waals surface area contributed by atoms with Crippen molar-refractivity contribution < 1.29 is 8.42 Å². The van der Waals surface area contributed by atoms with Gasteiger partial charge < -0.3 is 4.90 Å². The average Bonchev–Trinajstić information content (AvgIpc) is 2.46. The Kier molecular flexibility index (Phi) is 6.08. The highest BCUT2D eigenvalue weighted by atomic mass is 35.5. The Morgan fingerprint density at radius 1 is 1.17 bits per heavy atom. The van der Waals surface area contributed by atoms with Crippen LogP contribution in [-0.2, 0) is 10.0 Å². The summed E-state index contributed by atoms with van der Waals surface area (Å²) >= 11 is 6.09. The molecule has 1 aliphatic heterocycles. The van der Waals surface area contributed by atoms with Gasteiger partial charge in [0.05, 0.1) is 5.02 Å². The van der Waals surface area contributed by atoms with Crippen LogP contribution in [0.5, 0.6) is 0 Å². The number of piperazine rings is 1. The molecule has 2 rings (SSSR count). The third-order valence-electron chi connectivity index (χ3n) is 4.33. The Morgan fingerprint density at radius 2 is 1.74 bits per heavy atom. The zero-order valence-electron chi connectivity index (χ0n) is 14.2. The van der Waals surface area contributed by atoms with Crippen LogP contribution in [0.25, 0.3) is 0 Å². The van der Waals surface area contributed by atoms with Gasteiger partial charge in [-0.15, -0.1) is 0 Å². The molecule has 1 saturated heterocycles. The molecule has 130 valence electrons. The van der Waals surface area contributed by atoms with E-state index in [-0.39, 0.29) is 22.0 Å². The number of benzene rings is 1. The lowest BCUT2D eigenvalue weighted by atomic mass is 10.1. The molecule has 1 aromatic rings. The van der Waals surface area contributed by atoms with Gasteiger partial charge in [0.1, 0.15) is 4.90 Å². The lowest BCUT2D eigenvalue weighted by molar-refractivity contribution is 0.0708. The minimum atomic E-state index is -3.55. The van der Waals surface area contributed by atoms with E-state index in [1.54, 1.807) is 28.6 Å². The topological polar surface area (TPSA) is 43.9 Å². The predicted octanol–water partition coefficient (Wildman–Crippen LogP) is 1.98. The van der Waals surface area contributed by atoms with Crippen LogP contribution in [0, 0.1) is 0 Å². The summed E-state index contributed by atoms with van der Waals surface area (Å²) in [5.41, 5.74) is 0. The van der Waals surface area contributed by atoms with E-state index in [9.17, 15) is 8.42 Å². The van der Waals surface area contributed by atoms with Crippen LogP contribution < -0.4 is 0 Å². The molecule has 0 bridgehead atoms. The quantitative estimate of drug-likeness (QED) is 0.806. The summed E-state index contributed by atoms with van der Waals surface area (Å²) in [5, 5.41) is 0.280. The molecule has 1 fully saturated rings. The maximum Gasteiger partial charge on any atom is 0.244 e. The molecule has 0 radical (unpaired) electrons. The maximum atomic E-state index is 12.9. The zero-order valence-corrected chi connectivity index (χ0v) is 15.8. The number of hydrogen-bond acceptors (Lipinski definition) is 4. The van der Waals surface area contributed by atoms with Gasteiger partial charge >= 0.3 is 0 Å². The van der Waals surface area contributed by atoms with Crippen molar-refractivity contribution in [1.82, 2.24) is 14.1 Å². The largest absolute Gasteiger partial charge is 0.308 e. The van der Waals surface area contributed by atoms with Gasteiger partial charge in [-0.1, -0.05) is 23.7 Å². The first-order valence-electron chi connectivity index (χ1n) is 7.88. The molecule has 23 heavy (non-hydrogen) atoms. The fourth-order valence-electron chi connectivity index (χ4n) is 3.05. The van der Waals surface area contributed by atoms with Crippen molar-refractivity contribution in [2.75, 3.05) is 40.3 Å². The fourth-order valence-corrected chi connectivity index (χ4v) is 5.15. The van der Waals surface area contributed by atoms with E-state index in [1.807, 2.05) is 14.1 Å². The third kappa shape index (κ3) is 4.25. The van der Waals surface area contributed by atoms with E-state index < -0.39 is 10.0 Å². The molecule has 7 heteroatoms. The Morgan fingerprint density at radius 3 is 2.26 bits per heavy atom. The van der Waals surface area contributed by atoms with Crippen molar-refractivity contribution in [2.24, 2.45) is 0 Å². The molecule has 1 heterocycles. The lowest BCUT2D eigenvalue weighted by Gasteiger charge is -2.44. The second kappa shape index (κ2) is 7.49. The second-order valence-electron chi connectivity index (χ2n) is 6.49. The number of likely N-dealkylation sites (N-methyl/N-ethyl adjacent to an activating group) is 1. The summed E-state index contributed by atoms with van der Waals surface area (Å²) in [4.78, 5) is 4.72. The first kappa shape index (κ1) is 18.7. The van der Waals surface area contributed by atoms with Gasteiger partial charge in [-0.25, -0.2) is 8.42 Å². The Balaban J connectivity index is 2.16. The Bertz CT molecular complexity index is 624. The van der Waals surface area contributed by atoms with Crippen molar-refractivity contribution in [3.63, 3.8) is 0 Å². The highest BCUT2D eigenvalue weighted by Gasteiger charge is 2.36. The van der Waals surface area contributed by atoms with Crippen LogP contribution in [0.2, 0.25) is 5.02 Å². The summed E-state index contributed by atoms with van der Waals surface area (Å²) in [6.45, 7) is 7.05. The summed E-state index contributed by atoms with van der Waals surface area (Å²) in [6.07, 6.45) is 0. The minimum absolute atomic E-state index is 0.177. The zero-order chi connectivity index (χ0) is 17.2. The first-order valence-corrected chi connectivity index (χ1v) is 9.70. The molecule has 0 N–H and O–H groups in total. The van der Waals surface area contributed by atoms with Crippen LogP contribution in [0.4, 0.5) is 0 Å². The molecule has 0 saturated carbocycles.